The van der Waals surface area contributed by atoms with Crippen LogP contribution in [0.5, 0.6) is 0 Å². The van der Waals surface area contributed by atoms with Gasteiger partial charge in [-0.15, -0.1) is 0 Å². The second-order valence-electron chi connectivity index (χ2n) is 7.05. The van der Waals surface area contributed by atoms with E-state index in [9.17, 15) is 9.59 Å². The van der Waals surface area contributed by atoms with E-state index in [1.54, 1.807) is 4.90 Å². The van der Waals surface area contributed by atoms with Crippen LogP contribution in [0.4, 0.5) is 4.79 Å². The molecule has 2 N–H and O–H groups in total. The van der Waals surface area contributed by atoms with Gasteiger partial charge in [-0.25, -0.2) is 4.79 Å². The molecule has 0 saturated carbocycles. The Balaban J connectivity index is 3.98. The molecular weight excluding hydrogens is 308 g/mol. The first kappa shape index (κ1) is 22.7. The zero-order valence-corrected chi connectivity index (χ0v) is 15.9. The first-order valence-corrected chi connectivity index (χ1v) is 9.15. The Morgan fingerprint density at radius 3 is 2.29 bits per heavy atom. The molecule has 0 aromatic carbocycles. The third-order valence-corrected chi connectivity index (χ3v) is 3.49. The third-order valence-electron chi connectivity index (χ3n) is 3.49. The number of alkyl carbamates (subject to hydrolysis) is 1. The van der Waals surface area contributed by atoms with Crippen molar-refractivity contribution in [2.24, 2.45) is 0 Å². The number of unbranched alkanes of at least 4 members (excludes halogenated alkanes) is 4. The van der Waals surface area contributed by atoms with Gasteiger partial charge in [-0.3, -0.25) is 4.79 Å². The minimum absolute atomic E-state index is 0.0406. The lowest BCUT2D eigenvalue weighted by atomic mass is 10.1. The van der Waals surface area contributed by atoms with Gasteiger partial charge in [-0.05, 0) is 33.6 Å². The summed E-state index contributed by atoms with van der Waals surface area (Å²) in [5.41, 5.74) is -0.513. The molecule has 6 heteroatoms. The highest BCUT2D eigenvalue weighted by Crippen LogP contribution is 2.08. The van der Waals surface area contributed by atoms with Crippen molar-refractivity contribution < 1.29 is 19.4 Å². The molecule has 0 unspecified atom stereocenters. The Morgan fingerprint density at radius 2 is 1.71 bits per heavy atom. The second kappa shape index (κ2) is 13.0. The van der Waals surface area contributed by atoms with Crippen molar-refractivity contribution in [3.05, 3.63) is 0 Å². The number of amides is 2. The highest BCUT2D eigenvalue weighted by molar-refractivity contribution is 5.76. The van der Waals surface area contributed by atoms with E-state index in [-0.39, 0.29) is 12.5 Å². The van der Waals surface area contributed by atoms with Gasteiger partial charge in [0.15, 0.2) is 0 Å². The van der Waals surface area contributed by atoms with Crippen LogP contribution in [0, 0.1) is 0 Å². The summed E-state index contributed by atoms with van der Waals surface area (Å²) in [7, 11) is 0. The summed E-state index contributed by atoms with van der Waals surface area (Å²) in [5.74, 6) is 0.0813. The number of aliphatic hydroxyl groups excluding tert-OH is 1. The zero-order valence-electron chi connectivity index (χ0n) is 15.9. The van der Waals surface area contributed by atoms with Gasteiger partial charge >= 0.3 is 6.09 Å². The van der Waals surface area contributed by atoms with Crippen LogP contribution in [0.2, 0.25) is 0 Å². The molecule has 0 aliphatic rings. The predicted octanol–water partition coefficient (Wildman–Crippen LogP) is 3.08. The number of rotatable bonds is 12. The maximum absolute atomic E-state index is 12.2. The maximum atomic E-state index is 12.2. The fraction of sp³-hybridized carbons (Fsp3) is 0.889. The van der Waals surface area contributed by atoms with Crippen LogP contribution in [0.25, 0.3) is 0 Å². The van der Waals surface area contributed by atoms with Crippen LogP contribution in [-0.4, -0.2) is 53.8 Å². The monoisotopic (exact) mass is 344 g/mol. The molecule has 6 nitrogen and oxygen atoms in total. The normalized spacial score (nSPS) is 11.2. The molecular formula is C18H36N2O4. The summed E-state index contributed by atoms with van der Waals surface area (Å²) in [6.07, 6.45) is 6.27. The summed E-state index contributed by atoms with van der Waals surface area (Å²) in [4.78, 5) is 25.4. The van der Waals surface area contributed by atoms with Crippen molar-refractivity contribution in [3.8, 4) is 0 Å². The molecule has 0 rings (SSSR count). The molecule has 142 valence electrons. The molecule has 0 saturated heterocycles. The minimum Gasteiger partial charge on any atom is -0.444 e. The second-order valence-corrected chi connectivity index (χ2v) is 7.05. The first-order chi connectivity index (χ1) is 11.3. The molecule has 2 amide bonds. The minimum atomic E-state index is -0.513. The largest absolute Gasteiger partial charge is 0.444 e. The quantitative estimate of drug-likeness (QED) is 0.533. The molecule has 0 aliphatic heterocycles. The summed E-state index contributed by atoms with van der Waals surface area (Å²) in [6, 6.07) is 0. The number of aliphatic hydroxyl groups is 1. The van der Waals surface area contributed by atoms with E-state index in [4.69, 9.17) is 9.84 Å². The average molecular weight is 344 g/mol. The van der Waals surface area contributed by atoms with Gasteiger partial charge in [0.2, 0.25) is 5.91 Å². The Hall–Kier alpha value is -1.30. The summed E-state index contributed by atoms with van der Waals surface area (Å²) < 4.78 is 5.15. The van der Waals surface area contributed by atoms with Crippen molar-refractivity contribution in [2.45, 2.75) is 78.2 Å². The maximum Gasteiger partial charge on any atom is 0.407 e. The Labute approximate surface area is 146 Å². The average Bonchev–Trinajstić information content (AvgIpc) is 2.48. The van der Waals surface area contributed by atoms with Gasteiger partial charge in [0.1, 0.15) is 5.60 Å². The number of carbonyl (C=O) groups excluding carboxylic acids is 2. The molecule has 0 bridgehead atoms. The lowest BCUT2D eigenvalue weighted by Crippen LogP contribution is -2.37. The molecule has 0 heterocycles. The number of nitrogens with one attached hydrogen (secondary N) is 1. The summed E-state index contributed by atoms with van der Waals surface area (Å²) in [5, 5.41) is 11.8. The Kier molecular flexibility index (Phi) is 12.3. The van der Waals surface area contributed by atoms with Crippen molar-refractivity contribution in [3.63, 3.8) is 0 Å². The van der Waals surface area contributed by atoms with Gasteiger partial charge in [0.25, 0.3) is 0 Å². The predicted molar refractivity (Wildman–Crippen MR) is 95.9 cm³/mol. The van der Waals surface area contributed by atoms with Crippen molar-refractivity contribution in [1.82, 2.24) is 10.2 Å². The van der Waals surface area contributed by atoms with Gasteiger partial charge in [-0.1, -0.05) is 32.6 Å². The number of hydrogen-bond acceptors (Lipinski definition) is 4. The van der Waals surface area contributed by atoms with Crippen LogP contribution in [0.3, 0.4) is 0 Å². The number of ether oxygens (including phenoxy) is 1. The van der Waals surface area contributed by atoms with Crippen LogP contribution < -0.4 is 5.32 Å². The van der Waals surface area contributed by atoms with E-state index in [0.717, 1.165) is 12.8 Å². The topological polar surface area (TPSA) is 78.9 Å². The van der Waals surface area contributed by atoms with Crippen LogP contribution in [0.1, 0.15) is 72.6 Å². The van der Waals surface area contributed by atoms with Gasteiger partial charge in [0, 0.05) is 26.1 Å². The van der Waals surface area contributed by atoms with Gasteiger partial charge in [-0.2, -0.15) is 0 Å². The summed E-state index contributed by atoms with van der Waals surface area (Å²) in [6.45, 7) is 8.89. The van der Waals surface area contributed by atoms with E-state index < -0.39 is 11.7 Å². The van der Waals surface area contributed by atoms with Crippen LogP contribution in [-0.2, 0) is 9.53 Å². The summed E-state index contributed by atoms with van der Waals surface area (Å²) >= 11 is 0. The highest BCUT2D eigenvalue weighted by Gasteiger charge is 2.16. The molecule has 0 aliphatic carbocycles. The fourth-order valence-electron chi connectivity index (χ4n) is 2.29. The van der Waals surface area contributed by atoms with E-state index in [1.165, 1.54) is 19.3 Å². The fourth-order valence-corrected chi connectivity index (χ4v) is 2.29. The Bertz CT molecular complexity index is 353. The number of hydrogen-bond donors (Lipinski definition) is 2. The molecule has 24 heavy (non-hydrogen) atoms. The number of nitrogens with zero attached hydrogens (tertiary/aromatic N) is 1. The smallest absolute Gasteiger partial charge is 0.407 e. The molecule has 0 radical (unpaired) electrons. The standard InChI is InChI=1S/C18H36N2O4/c1-5-6-7-8-9-11-16(22)20(14-15-21)13-10-12-19-17(23)24-18(2,3)4/h21H,5-15H2,1-4H3,(H,19,23). The lowest BCUT2D eigenvalue weighted by molar-refractivity contribution is -0.131. The van der Waals surface area contributed by atoms with E-state index >= 15 is 0 Å². The van der Waals surface area contributed by atoms with Gasteiger partial charge < -0.3 is 20.1 Å². The van der Waals surface area contributed by atoms with Crippen LogP contribution >= 0.6 is 0 Å². The van der Waals surface area contributed by atoms with Gasteiger partial charge in [0.05, 0.1) is 6.61 Å². The molecule has 0 aromatic rings. The number of carbonyl (C=O) groups is 2. The third kappa shape index (κ3) is 13.2. The van der Waals surface area contributed by atoms with E-state index in [1.807, 2.05) is 20.8 Å². The van der Waals surface area contributed by atoms with E-state index in [2.05, 4.69) is 12.2 Å². The molecule has 0 spiro atoms. The van der Waals surface area contributed by atoms with Crippen LogP contribution in [0.15, 0.2) is 0 Å². The van der Waals surface area contributed by atoms with Crippen molar-refractivity contribution in [2.75, 3.05) is 26.2 Å². The molecule has 0 aromatic heterocycles. The lowest BCUT2D eigenvalue weighted by Gasteiger charge is -2.22. The SMILES string of the molecule is CCCCCCCC(=O)N(CCO)CCCNC(=O)OC(C)(C)C. The molecule has 0 atom stereocenters. The Morgan fingerprint density at radius 1 is 1.04 bits per heavy atom. The highest BCUT2D eigenvalue weighted by atomic mass is 16.6. The van der Waals surface area contributed by atoms with Crippen molar-refractivity contribution >= 4 is 12.0 Å². The first-order valence-electron chi connectivity index (χ1n) is 9.15. The molecule has 0 fully saturated rings. The van der Waals surface area contributed by atoms with E-state index in [0.29, 0.717) is 32.5 Å². The van der Waals surface area contributed by atoms with Crippen molar-refractivity contribution in [1.29, 1.82) is 0 Å². The zero-order chi connectivity index (χ0) is 18.4.